The number of benzene rings is 1. The van der Waals surface area contributed by atoms with Gasteiger partial charge in [-0.15, -0.1) is 22.7 Å². The van der Waals surface area contributed by atoms with Crippen LogP contribution in [0.2, 0.25) is 0 Å². The highest BCUT2D eigenvalue weighted by Crippen LogP contribution is 2.25. The topological polar surface area (TPSA) is 46.1 Å². The Hall–Kier alpha value is -1.79. The van der Waals surface area contributed by atoms with Crippen LogP contribution in [0.25, 0.3) is 10.2 Å². The second-order valence-electron chi connectivity index (χ2n) is 5.86. The minimum Gasteiger partial charge on any atom is -0.334 e. The van der Waals surface area contributed by atoms with E-state index in [9.17, 15) is 4.79 Å². The average Bonchev–Trinajstić information content (AvgIpc) is 3.14. The number of hydrogen-bond donors (Lipinski definition) is 0. The molecule has 0 bridgehead atoms. The fourth-order valence-electron chi connectivity index (χ4n) is 2.52. The van der Waals surface area contributed by atoms with Crippen molar-refractivity contribution in [2.45, 2.75) is 39.7 Å². The first-order valence-electron chi connectivity index (χ1n) is 8.14. The van der Waals surface area contributed by atoms with Crippen LogP contribution in [0.1, 0.15) is 45.1 Å². The summed E-state index contributed by atoms with van der Waals surface area (Å²) in [4.78, 5) is 24.4. The number of carbonyl (C=O) groups excluding carboxylic acids is 1. The maximum absolute atomic E-state index is 12.7. The van der Waals surface area contributed by atoms with Crippen molar-refractivity contribution in [2.24, 2.45) is 0 Å². The number of amides is 1. The largest absolute Gasteiger partial charge is 0.334 e. The molecule has 0 spiro atoms. The highest BCUT2D eigenvalue weighted by atomic mass is 32.1. The van der Waals surface area contributed by atoms with Crippen molar-refractivity contribution in [3.05, 3.63) is 44.9 Å². The second kappa shape index (κ2) is 7.40. The molecule has 0 aliphatic rings. The van der Waals surface area contributed by atoms with Crippen LogP contribution in [0, 0.1) is 6.92 Å². The summed E-state index contributed by atoms with van der Waals surface area (Å²) in [5, 5.41) is 2.02. The van der Waals surface area contributed by atoms with E-state index in [4.69, 9.17) is 0 Å². The Labute approximate surface area is 150 Å². The van der Waals surface area contributed by atoms with Gasteiger partial charge in [-0.3, -0.25) is 4.79 Å². The predicted molar refractivity (Wildman–Crippen MR) is 101 cm³/mol. The molecule has 2 heterocycles. The molecule has 1 aromatic carbocycles. The van der Waals surface area contributed by atoms with Gasteiger partial charge in [0.2, 0.25) is 0 Å². The third-order valence-electron chi connectivity index (χ3n) is 3.84. The molecule has 0 atom stereocenters. The molecule has 0 radical (unpaired) electrons. The van der Waals surface area contributed by atoms with E-state index in [1.54, 1.807) is 16.2 Å². The molecule has 0 fully saturated rings. The fraction of sp³-hybridized carbons (Fsp3) is 0.389. The Morgan fingerprint density at radius 2 is 1.96 bits per heavy atom. The van der Waals surface area contributed by atoms with Crippen LogP contribution >= 0.6 is 22.7 Å². The lowest BCUT2D eigenvalue weighted by Crippen LogP contribution is -2.25. The van der Waals surface area contributed by atoms with E-state index in [-0.39, 0.29) is 5.91 Å². The Balaban J connectivity index is 1.73. The van der Waals surface area contributed by atoms with Gasteiger partial charge in [-0.1, -0.05) is 25.5 Å². The van der Waals surface area contributed by atoms with E-state index in [1.165, 1.54) is 11.3 Å². The molecule has 6 heteroatoms. The highest BCUT2D eigenvalue weighted by Gasteiger charge is 2.20. The van der Waals surface area contributed by atoms with Gasteiger partial charge >= 0.3 is 0 Å². The van der Waals surface area contributed by atoms with Crippen molar-refractivity contribution in [3.8, 4) is 0 Å². The Morgan fingerprint density at radius 1 is 1.17 bits per heavy atom. The summed E-state index contributed by atoms with van der Waals surface area (Å²) in [7, 11) is 1.83. The minimum absolute atomic E-state index is 0.0343. The molecule has 0 unspecified atom stereocenters. The number of thiazole rings is 2. The van der Waals surface area contributed by atoms with Gasteiger partial charge in [0, 0.05) is 7.05 Å². The molecular weight excluding hydrogens is 338 g/mol. The molecule has 1 amide bonds. The minimum atomic E-state index is 0.0343. The predicted octanol–water partition coefficient (Wildman–Crippen LogP) is 4.68. The van der Waals surface area contributed by atoms with Crippen molar-refractivity contribution in [3.63, 3.8) is 0 Å². The van der Waals surface area contributed by atoms with Gasteiger partial charge in [-0.05, 0) is 31.9 Å². The molecule has 24 heavy (non-hydrogen) atoms. The number of aromatic nitrogens is 2. The average molecular weight is 360 g/mol. The Morgan fingerprint density at radius 3 is 2.71 bits per heavy atom. The molecule has 2 aromatic heterocycles. The van der Waals surface area contributed by atoms with E-state index in [0.717, 1.165) is 50.1 Å². The zero-order valence-electron chi connectivity index (χ0n) is 14.2. The maximum Gasteiger partial charge on any atom is 0.265 e. The normalized spacial score (nSPS) is 11.1. The first-order chi connectivity index (χ1) is 11.6. The lowest BCUT2D eigenvalue weighted by molar-refractivity contribution is 0.0789. The van der Waals surface area contributed by atoms with Crippen molar-refractivity contribution >= 4 is 38.8 Å². The Bertz CT molecular complexity index is 820. The van der Waals surface area contributed by atoms with Gasteiger partial charge in [0.25, 0.3) is 5.91 Å². The van der Waals surface area contributed by atoms with Crippen molar-refractivity contribution in [2.75, 3.05) is 7.05 Å². The van der Waals surface area contributed by atoms with Crippen molar-refractivity contribution in [1.82, 2.24) is 14.9 Å². The number of aryl methyl sites for hydroxylation is 2. The molecule has 3 rings (SSSR count). The molecule has 126 valence electrons. The van der Waals surface area contributed by atoms with Crippen LogP contribution in [-0.4, -0.2) is 27.8 Å². The standard InChI is InChI=1S/C18H21N3OS2/c1-4-5-10-15-19-12(2)17(24-15)18(22)21(3)11-16-20-13-8-6-7-9-14(13)23-16/h6-9H,4-5,10-11H2,1-3H3. The molecular formula is C18H21N3OS2. The van der Waals surface area contributed by atoms with Gasteiger partial charge in [0.15, 0.2) is 0 Å². The number of carbonyl (C=O) groups is 1. The summed E-state index contributed by atoms with van der Waals surface area (Å²) < 4.78 is 1.16. The van der Waals surface area contributed by atoms with E-state index in [0.29, 0.717) is 6.54 Å². The van der Waals surface area contributed by atoms with Crippen LogP contribution in [-0.2, 0) is 13.0 Å². The fourth-order valence-corrected chi connectivity index (χ4v) is 4.64. The summed E-state index contributed by atoms with van der Waals surface area (Å²) in [6, 6.07) is 8.06. The van der Waals surface area contributed by atoms with Crippen LogP contribution in [0.4, 0.5) is 0 Å². The van der Waals surface area contributed by atoms with Crippen LogP contribution in [0.5, 0.6) is 0 Å². The van der Waals surface area contributed by atoms with Crippen LogP contribution < -0.4 is 0 Å². The molecule has 0 aliphatic heterocycles. The van der Waals surface area contributed by atoms with Gasteiger partial charge in [0.05, 0.1) is 27.5 Å². The second-order valence-corrected chi connectivity index (χ2v) is 8.06. The summed E-state index contributed by atoms with van der Waals surface area (Å²) in [5.74, 6) is 0.0343. The first-order valence-corrected chi connectivity index (χ1v) is 9.78. The van der Waals surface area contributed by atoms with Gasteiger partial charge in [-0.25, -0.2) is 9.97 Å². The highest BCUT2D eigenvalue weighted by molar-refractivity contribution is 7.18. The molecule has 4 nitrogen and oxygen atoms in total. The summed E-state index contributed by atoms with van der Waals surface area (Å²) in [6.07, 6.45) is 3.21. The zero-order valence-corrected chi connectivity index (χ0v) is 15.8. The van der Waals surface area contributed by atoms with Gasteiger partial charge in [0.1, 0.15) is 9.88 Å². The van der Waals surface area contributed by atoms with Gasteiger partial charge < -0.3 is 4.90 Å². The third-order valence-corrected chi connectivity index (χ3v) is 6.06. The van der Waals surface area contributed by atoms with E-state index >= 15 is 0 Å². The molecule has 3 aromatic rings. The van der Waals surface area contributed by atoms with Crippen LogP contribution in [0.3, 0.4) is 0 Å². The smallest absolute Gasteiger partial charge is 0.265 e. The van der Waals surface area contributed by atoms with Crippen LogP contribution in [0.15, 0.2) is 24.3 Å². The van der Waals surface area contributed by atoms with E-state index < -0.39 is 0 Å². The number of hydrogen-bond acceptors (Lipinski definition) is 5. The summed E-state index contributed by atoms with van der Waals surface area (Å²) in [5.41, 5.74) is 1.83. The number of fused-ring (bicyclic) bond motifs is 1. The zero-order chi connectivity index (χ0) is 17.1. The summed E-state index contributed by atoms with van der Waals surface area (Å²) >= 11 is 3.17. The summed E-state index contributed by atoms with van der Waals surface area (Å²) in [6.45, 7) is 4.61. The number of nitrogens with zero attached hydrogens (tertiary/aromatic N) is 3. The van der Waals surface area contributed by atoms with E-state index in [2.05, 4.69) is 23.0 Å². The lowest BCUT2D eigenvalue weighted by atomic mass is 10.3. The Kier molecular flexibility index (Phi) is 5.26. The van der Waals surface area contributed by atoms with Crippen molar-refractivity contribution < 1.29 is 4.79 Å². The third kappa shape index (κ3) is 3.65. The molecule has 0 saturated heterocycles. The number of unbranched alkanes of at least 4 members (excludes halogenated alkanes) is 1. The van der Waals surface area contributed by atoms with Gasteiger partial charge in [-0.2, -0.15) is 0 Å². The number of para-hydroxylation sites is 1. The van der Waals surface area contributed by atoms with Crippen molar-refractivity contribution in [1.29, 1.82) is 0 Å². The van der Waals surface area contributed by atoms with E-state index in [1.807, 2.05) is 32.2 Å². The maximum atomic E-state index is 12.7. The number of rotatable bonds is 6. The molecule has 0 saturated carbocycles. The monoisotopic (exact) mass is 359 g/mol. The SMILES string of the molecule is CCCCc1nc(C)c(C(=O)N(C)Cc2nc3ccccc3s2)s1. The quantitative estimate of drug-likeness (QED) is 0.642. The first kappa shape index (κ1) is 17.0. The molecule has 0 aliphatic carbocycles. The molecule has 0 N–H and O–H groups in total. The lowest BCUT2D eigenvalue weighted by Gasteiger charge is -2.14.